The molecule has 3 amide bonds. The lowest BCUT2D eigenvalue weighted by Crippen LogP contribution is -2.32. The van der Waals surface area contributed by atoms with Crippen LogP contribution < -0.4 is 30.3 Å². The molecule has 0 aliphatic heterocycles. The van der Waals surface area contributed by atoms with E-state index < -0.39 is 6.03 Å². The van der Waals surface area contributed by atoms with Crippen molar-refractivity contribution in [2.45, 2.75) is 13.3 Å². The summed E-state index contributed by atoms with van der Waals surface area (Å²) in [6.07, 6.45) is 3.26. The number of aromatic nitrogens is 4. The standard InChI is InChI=1S/C21H24Cl2N8O4/c1-6-16(32)26-11-9-30(2)29-20(11)27-14-8-15(25-10-24-14)31(3)21(33)28-19-17(22)12(34-4)7-13(35-5)18(19)23/h7-10H,6H2,1-5H3,(H,26,32)(H,28,33)(H,24,25,27,29). The van der Waals surface area contributed by atoms with Gasteiger partial charge < -0.3 is 25.4 Å². The minimum Gasteiger partial charge on any atom is -0.495 e. The van der Waals surface area contributed by atoms with Crippen LogP contribution in [-0.2, 0) is 11.8 Å². The summed E-state index contributed by atoms with van der Waals surface area (Å²) in [6, 6.07) is 2.47. The number of carbonyl (C=O) groups excluding carboxylic acids is 2. The molecule has 0 unspecified atom stereocenters. The molecule has 3 rings (SSSR count). The van der Waals surface area contributed by atoms with Crippen molar-refractivity contribution in [3.63, 3.8) is 0 Å². The monoisotopic (exact) mass is 522 g/mol. The number of nitrogens with zero attached hydrogens (tertiary/aromatic N) is 5. The molecule has 12 nitrogen and oxygen atoms in total. The Bertz CT molecular complexity index is 1220. The van der Waals surface area contributed by atoms with Crippen LogP contribution in [0.15, 0.2) is 24.7 Å². The van der Waals surface area contributed by atoms with Gasteiger partial charge in [-0.25, -0.2) is 14.8 Å². The van der Waals surface area contributed by atoms with Gasteiger partial charge in [0.15, 0.2) is 5.82 Å². The van der Waals surface area contributed by atoms with Gasteiger partial charge in [-0.3, -0.25) is 14.4 Å². The van der Waals surface area contributed by atoms with Crippen LogP contribution in [0.5, 0.6) is 11.5 Å². The number of aryl methyl sites for hydroxylation is 1. The molecular weight excluding hydrogens is 499 g/mol. The van der Waals surface area contributed by atoms with Crippen LogP contribution in [0.1, 0.15) is 13.3 Å². The molecule has 0 bridgehead atoms. The maximum absolute atomic E-state index is 13.0. The Morgan fingerprint density at radius 1 is 1.09 bits per heavy atom. The normalized spacial score (nSPS) is 10.5. The molecule has 0 fully saturated rings. The first-order valence-electron chi connectivity index (χ1n) is 10.3. The number of methoxy groups -OCH3 is 2. The van der Waals surface area contributed by atoms with E-state index >= 15 is 0 Å². The van der Waals surface area contributed by atoms with Gasteiger partial charge in [-0.15, -0.1) is 0 Å². The van der Waals surface area contributed by atoms with Crippen molar-refractivity contribution in [1.29, 1.82) is 0 Å². The van der Waals surface area contributed by atoms with Gasteiger partial charge >= 0.3 is 6.03 Å². The van der Waals surface area contributed by atoms with Crippen LogP contribution in [0.2, 0.25) is 10.0 Å². The Kier molecular flexibility index (Phi) is 8.20. The molecular formula is C21H24Cl2N8O4. The molecule has 1 aromatic carbocycles. The SMILES string of the molecule is CCC(=O)Nc1cn(C)nc1Nc1cc(N(C)C(=O)Nc2c(Cl)c(OC)cc(OC)c2Cl)ncn1. The zero-order chi connectivity index (χ0) is 25.7. The Morgan fingerprint density at radius 3 is 2.34 bits per heavy atom. The largest absolute Gasteiger partial charge is 0.495 e. The summed E-state index contributed by atoms with van der Waals surface area (Å²) in [5, 5.41) is 13.0. The third-order valence-corrected chi connectivity index (χ3v) is 5.53. The van der Waals surface area contributed by atoms with Gasteiger partial charge in [0.1, 0.15) is 45.2 Å². The summed E-state index contributed by atoms with van der Waals surface area (Å²) in [5.41, 5.74) is 0.612. The summed E-state index contributed by atoms with van der Waals surface area (Å²) in [5.74, 6) is 1.39. The summed E-state index contributed by atoms with van der Waals surface area (Å²) in [6.45, 7) is 1.75. The van der Waals surface area contributed by atoms with Gasteiger partial charge in [0.25, 0.3) is 0 Å². The molecule has 14 heteroatoms. The highest BCUT2D eigenvalue weighted by atomic mass is 35.5. The fourth-order valence-electron chi connectivity index (χ4n) is 2.92. The smallest absolute Gasteiger partial charge is 0.327 e. The van der Waals surface area contributed by atoms with E-state index in [1.165, 1.54) is 44.6 Å². The number of hydrogen-bond acceptors (Lipinski definition) is 8. The summed E-state index contributed by atoms with van der Waals surface area (Å²) in [7, 11) is 6.10. The highest BCUT2D eigenvalue weighted by Crippen LogP contribution is 2.44. The molecule has 0 atom stereocenters. The van der Waals surface area contributed by atoms with Crippen LogP contribution in [0.3, 0.4) is 0 Å². The van der Waals surface area contributed by atoms with E-state index in [9.17, 15) is 9.59 Å². The number of benzene rings is 1. The third kappa shape index (κ3) is 5.84. The first-order valence-corrected chi connectivity index (χ1v) is 11.0. The topological polar surface area (TPSA) is 136 Å². The number of carbonyl (C=O) groups is 2. The lowest BCUT2D eigenvalue weighted by atomic mass is 10.2. The number of amides is 3. The lowest BCUT2D eigenvalue weighted by molar-refractivity contribution is -0.115. The van der Waals surface area contributed by atoms with E-state index in [-0.39, 0.29) is 39.0 Å². The predicted octanol–water partition coefficient (Wildman–Crippen LogP) is 4.29. The molecule has 186 valence electrons. The van der Waals surface area contributed by atoms with E-state index in [0.29, 0.717) is 23.7 Å². The van der Waals surface area contributed by atoms with E-state index in [2.05, 4.69) is 31.0 Å². The number of urea groups is 1. The number of nitrogens with one attached hydrogen (secondary N) is 3. The maximum atomic E-state index is 13.0. The van der Waals surface area contributed by atoms with E-state index in [1.807, 2.05) is 0 Å². The van der Waals surface area contributed by atoms with Crippen LogP contribution >= 0.6 is 23.2 Å². The lowest BCUT2D eigenvalue weighted by Gasteiger charge is -2.20. The quantitative estimate of drug-likeness (QED) is 0.398. The molecule has 2 aromatic heterocycles. The predicted molar refractivity (Wildman–Crippen MR) is 134 cm³/mol. The average molecular weight is 523 g/mol. The maximum Gasteiger partial charge on any atom is 0.327 e. The molecule has 0 saturated heterocycles. The van der Waals surface area contributed by atoms with Gasteiger partial charge in [0.2, 0.25) is 5.91 Å². The molecule has 3 N–H and O–H groups in total. The minimum atomic E-state index is -0.581. The molecule has 3 aromatic rings. The zero-order valence-electron chi connectivity index (χ0n) is 19.6. The summed E-state index contributed by atoms with van der Waals surface area (Å²) >= 11 is 12.7. The minimum absolute atomic E-state index is 0.113. The Hall–Kier alpha value is -3.77. The van der Waals surface area contributed by atoms with Crippen LogP contribution in [0.4, 0.5) is 33.6 Å². The van der Waals surface area contributed by atoms with Gasteiger partial charge in [-0.1, -0.05) is 30.1 Å². The van der Waals surface area contributed by atoms with Crippen molar-refractivity contribution in [2.24, 2.45) is 7.05 Å². The number of anilines is 5. The molecule has 0 aliphatic rings. The Balaban J connectivity index is 1.82. The first-order chi connectivity index (χ1) is 16.7. The van der Waals surface area contributed by atoms with Gasteiger partial charge in [-0.2, -0.15) is 5.10 Å². The van der Waals surface area contributed by atoms with Crippen molar-refractivity contribution < 1.29 is 19.1 Å². The second-order valence-corrected chi connectivity index (χ2v) is 7.88. The number of rotatable bonds is 8. The van der Waals surface area contributed by atoms with Gasteiger partial charge in [0, 0.05) is 32.6 Å². The number of hydrogen-bond donors (Lipinski definition) is 3. The summed E-state index contributed by atoms with van der Waals surface area (Å²) < 4.78 is 12.0. The Morgan fingerprint density at radius 2 is 1.74 bits per heavy atom. The van der Waals surface area contributed by atoms with Crippen molar-refractivity contribution in [1.82, 2.24) is 19.7 Å². The first kappa shape index (κ1) is 25.8. The number of ether oxygens (including phenoxy) is 2. The highest BCUT2D eigenvalue weighted by Gasteiger charge is 2.22. The highest BCUT2D eigenvalue weighted by molar-refractivity contribution is 6.41. The molecule has 0 saturated carbocycles. The van der Waals surface area contributed by atoms with E-state index in [0.717, 1.165) is 0 Å². The van der Waals surface area contributed by atoms with Gasteiger partial charge in [0.05, 0.1) is 26.1 Å². The fourth-order valence-corrected chi connectivity index (χ4v) is 3.52. The van der Waals surface area contributed by atoms with Crippen LogP contribution in [0.25, 0.3) is 0 Å². The second-order valence-electron chi connectivity index (χ2n) is 7.13. The average Bonchev–Trinajstić information content (AvgIpc) is 3.19. The van der Waals surface area contributed by atoms with E-state index in [1.54, 1.807) is 24.9 Å². The molecule has 0 spiro atoms. The molecule has 35 heavy (non-hydrogen) atoms. The van der Waals surface area contributed by atoms with Crippen molar-refractivity contribution in [3.8, 4) is 11.5 Å². The van der Waals surface area contributed by atoms with Crippen molar-refractivity contribution in [2.75, 3.05) is 42.1 Å². The molecule has 2 heterocycles. The zero-order valence-corrected chi connectivity index (χ0v) is 21.2. The summed E-state index contributed by atoms with van der Waals surface area (Å²) in [4.78, 5) is 34.3. The molecule has 0 radical (unpaired) electrons. The van der Waals surface area contributed by atoms with Crippen LogP contribution in [-0.4, -0.2) is 53.0 Å². The fraction of sp³-hybridized carbons (Fsp3) is 0.286. The Labute approximate surface area is 211 Å². The van der Waals surface area contributed by atoms with Crippen molar-refractivity contribution in [3.05, 3.63) is 34.7 Å². The number of halogens is 2. The van der Waals surface area contributed by atoms with Crippen LogP contribution in [0, 0.1) is 0 Å². The van der Waals surface area contributed by atoms with Crippen molar-refractivity contribution >= 4 is 64.0 Å². The third-order valence-electron chi connectivity index (χ3n) is 4.78. The molecule has 0 aliphatic carbocycles. The van der Waals surface area contributed by atoms with Gasteiger partial charge in [-0.05, 0) is 0 Å². The second kappa shape index (κ2) is 11.1. The van der Waals surface area contributed by atoms with E-state index in [4.69, 9.17) is 32.7 Å².